The number of aliphatic carboxylic acids is 1. The molecule has 0 heterocycles. The van der Waals surface area contributed by atoms with Gasteiger partial charge in [-0.15, -0.1) is 0 Å². The van der Waals surface area contributed by atoms with Crippen LogP contribution in [-0.2, 0) is 28.6 Å². The number of ether oxygens (including phenoxy) is 3. The van der Waals surface area contributed by atoms with Crippen molar-refractivity contribution in [2.75, 3.05) is 41.0 Å². The smallest absolute Gasteiger partial charge is 0.306 e. The van der Waals surface area contributed by atoms with Crippen LogP contribution in [-0.4, -0.2) is 75.5 Å². The van der Waals surface area contributed by atoms with Gasteiger partial charge in [-0.3, -0.25) is 9.59 Å². The number of allylic oxidation sites excluding steroid dienone is 12. The van der Waals surface area contributed by atoms with Gasteiger partial charge in [-0.25, -0.2) is 0 Å². The molecule has 0 aliphatic carbocycles. The Hall–Kier alpha value is -3.23. The first-order valence-electron chi connectivity index (χ1n) is 24.0. The molecule has 0 amide bonds. The Morgan fingerprint density at radius 3 is 1.35 bits per heavy atom. The molecule has 0 bridgehead atoms. The van der Waals surface area contributed by atoms with Crippen LogP contribution in [0.15, 0.2) is 72.9 Å². The van der Waals surface area contributed by atoms with Crippen molar-refractivity contribution < 1.29 is 38.2 Å². The highest BCUT2D eigenvalue weighted by molar-refractivity contribution is 5.70. The molecule has 0 aliphatic rings. The van der Waals surface area contributed by atoms with E-state index >= 15 is 0 Å². The van der Waals surface area contributed by atoms with Crippen molar-refractivity contribution in [2.45, 2.75) is 199 Å². The number of likely N-dealkylation sites (N-methyl/N-ethyl adjacent to an activating group) is 1. The van der Waals surface area contributed by atoms with Gasteiger partial charge in [0.2, 0.25) is 0 Å². The lowest BCUT2D eigenvalue weighted by Crippen LogP contribution is -2.55. The fraction of sp³-hybridized carbons (Fsp3) is 0.712. The molecule has 0 fully saturated rings. The number of unbranched alkanes of at least 4 members (excludes halogenated alkanes) is 16. The predicted molar refractivity (Wildman–Crippen MR) is 249 cm³/mol. The molecule has 0 spiro atoms. The van der Waals surface area contributed by atoms with E-state index in [0.717, 1.165) is 57.8 Å². The minimum absolute atomic E-state index is 0.00890. The van der Waals surface area contributed by atoms with Gasteiger partial charge in [-0.05, 0) is 51.4 Å². The number of carboxylic acids is 1. The molecule has 0 N–H and O–H groups in total. The first kappa shape index (κ1) is 56.8. The molecular formula is C52H89NO7. The van der Waals surface area contributed by atoms with E-state index in [1.807, 2.05) is 12.2 Å². The molecule has 2 atom stereocenters. The summed E-state index contributed by atoms with van der Waals surface area (Å²) >= 11 is 0. The predicted octanol–water partition coefficient (Wildman–Crippen LogP) is 12.2. The molecule has 8 nitrogen and oxygen atoms in total. The van der Waals surface area contributed by atoms with Crippen molar-refractivity contribution in [1.82, 2.24) is 0 Å². The summed E-state index contributed by atoms with van der Waals surface area (Å²) in [4.78, 5) is 36.9. The minimum atomic E-state index is -1.14. The SMILES string of the molecule is CC/C=C\C/C=C\C/C=C\C/C=C\C/C=C\C/C=C\CCC(=O)OC(COCCC(C(=O)[O-])[N+](C)(C)C)COC(=O)CCCCCCCCCCCCCCCCCCC. The molecule has 60 heavy (non-hydrogen) atoms. The highest BCUT2D eigenvalue weighted by Gasteiger charge is 2.25. The van der Waals surface area contributed by atoms with Crippen LogP contribution in [0.25, 0.3) is 0 Å². The van der Waals surface area contributed by atoms with Gasteiger partial charge in [0.25, 0.3) is 0 Å². The molecule has 0 aromatic heterocycles. The third kappa shape index (κ3) is 40.2. The average molecular weight is 840 g/mol. The molecule has 0 rings (SSSR count). The molecule has 0 aromatic rings. The molecule has 0 aliphatic heterocycles. The molecule has 8 heteroatoms. The van der Waals surface area contributed by atoms with Crippen LogP contribution in [0.1, 0.15) is 187 Å². The van der Waals surface area contributed by atoms with Crippen LogP contribution in [0, 0.1) is 0 Å². The van der Waals surface area contributed by atoms with E-state index in [2.05, 4.69) is 74.6 Å². The number of hydrogen-bond donors (Lipinski definition) is 0. The monoisotopic (exact) mass is 840 g/mol. The summed E-state index contributed by atoms with van der Waals surface area (Å²) in [6, 6.07) is -0.741. The first-order valence-corrected chi connectivity index (χ1v) is 24.0. The van der Waals surface area contributed by atoms with Crippen molar-refractivity contribution in [1.29, 1.82) is 0 Å². The summed E-state index contributed by atoms with van der Waals surface area (Å²) < 4.78 is 17.1. The summed E-state index contributed by atoms with van der Waals surface area (Å²) in [5.41, 5.74) is 0. The van der Waals surface area contributed by atoms with E-state index in [0.29, 0.717) is 12.8 Å². The maximum absolute atomic E-state index is 12.7. The Morgan fingerprint density at radius 1 is 0.517 bits per heavy atom. The number of carbonyl (C=O) groups is 3. The van der Waals surface area contributed by atoms with Gasteiger partial charge in [-0.1, -0.05) is 189 Å². The second kappa shape index (κ2) is 42.5. The molecular weight excluding hydrogens is 751 g/mol. The third-order valence-corrected chi connectivity index (χ3v) is 10.4. The number of rotatable bonds is 42. The first-order chi connectivity index (χ1) is 29.1. The van der Waals surface area contributed by atoms with E-state index in [9.17, 15) is 19.5 Å². The number of carboxylic acid groups (broad SMARTS) is 1. The zero-order chi connectivity index (χ0) is 44.2. The van der Waals surface area contributed by atoms with Crippen molar-refractivity contribution in [2.24, 2.45) is 0 Å². The Kier molecular flexibility index (Phi) is 40.2. The van der Waals surface area contributed by atoms with Crippen LogP contribution in [0.2, 0.25) is 0 Å². The summed E-state index contributed by atoms with van der Waals surface area (Å²) in [7, 11) is 5.38. The maximum atomic E-state index is 12.7. The zero-order valence-corrected chi connectivity index (χ0v) is 39.1. The van der Waals surface area contributed by atoms with Crippen LogP contribution in [0.5, 0.6) is 0 Å². The molecule has 0 saturated heterocycles. The molecule has 0 radical (unpaired) electrons. The maximum Gasteiger partial charge on any atom is 0.306 e. The summed E-state index contributed by atoms with van der Waals surface area (Å²) in [6.07, 6.45) is 53.7. The van der Waals surface area contributed by atoms with E-state index in [4.69, 9.17) is 14.2 Å². The lowest BCUT2D eigenvalue weighted by Gasteiger charge is -2.34. The quantitative estimate of drug-likeness (QED) is 0.0261. The van der Waals surface area contributed by atoms with Crippen molar-refractivity contribution in [3.63, 3.8) is 0 Å². The van der Waals surface area contributed by atoms with E-state index in [1.54, 1.807) is 21.1 Å². The number of quaternary nitrogens is 1. The van der Waals surface area contributed by atoms with Gasteiger partial charge in [0, 0.05) is 19.3 Å². The zero-order valence-electron chi connectivity index (χ0n) is 39.1. The van der Waals surface area contributed by atoms with E-state index < -0.39 is 24.1 Å². The van der Waals surface area contributed by atoms with Crippen LogP contribution < -0.4 is 5.11 Å². The fourth-order valence-electron chi connectivity index (χ4n) is 6.69. The number of nitrogens with zero attached hydrogens (tertiary/aromatic N) is 1. The van der Waals surface area contributed by atoms with Crippen LogP contribution >= 0.6 is 0 Å². The highest BCUT2D eigenvalue weighted by Crippen LogP contribution is 2.15. The van der Waals surface area contributed by atoms with Crippen molar-refractivity contribution in [3.8, 4) is 0 Å². The second-order valence-electron chi connectivity index (χ2n) is 17.0. The molecule has 0 aromatic carbocycles. The average Bonchev–Trinajstić information content (AvgIpc) is 3.21. The molecule has 2 unspecified atom stereocenters. The standard InChI is InChI=1S/C52H89NO7/c1-6-8-10-12-14-16-18-20-22-24-25-27-29-31-33-35-37-39-41-43-51(55)60-48(46-58-45-44-49(52(56)57)53(3,4)5)47-59-50(54)42-40-38-36-34-32-30-28-26-23-21-19-17-15-13-11-9-7-2/h8,10,14,16,20,22,25,27,31,33,37,39,48-49H,6-7,9,11-13,15,17-19,21,23-24,26,28-30,32,34-36,38,40-47H2,1-5H3/b10-8-,16-14-,22-20-,27-25-,33-31-,39-37-. The number of esters is 2. The number of hydrogen-bond acceptors (Lipinski definition) is 7. The number of carbonyl (C=O) groups excluding carboxylic acids is 3. The van der Waals surface area contributed by atoms with E-state index in [1.165, 1.54) is 89.9 Å². The fourth-order valence-corrected chi connectivity index (χ4v) is 6.69. The summed E-state index contributed by atoms with van der Waals surface area (Å²) in [6.45, 7) is 4.48. The Bertz CT molecular complexity index is 1210. The van der Waals surface area contributed by atoms with E-state index in [-0.39, 0.29) is 43.1 Å². The molecule has 0 saturated carbocycles. The Morgan fingerprint density at radius 2 is 0.933 bits per heavy atom. The van der Waals surface area contributed by atoms with Crippen LogP contribution in [0.4, 0.5) is 0 Å². The van der Waals surface area contributed by atoms with Gasteiger partial charge in [0.15, 0.2) is 6.10 Å². The lowest BCUT2D eigenvalue weighted by molar-refractivity contribution is -0.889. The van der Waals surface area contributed by atoms with Gasteiger partial charge >= 0.3 is 11.9 Å². The van der Waals surface area contributed by atoms with Crippen molar-refractivity contribution in [3.05, 3.63) is 72.9 Å². The topological polar surface area (TPSA) is 102 Å². The minimum Gasteiger partial charge on any atom is -0.544 e. The highest BCUT2D eigenvalue weighted by atomic mass is 16.6. The summed E-state index contributed by atoms with van der Waals surface area (Å²) in [5.74, 6) is -1.84. The van der Waals surface area contributed by atoms with Gasteiger partial charge < -0.3 is 28.6 Å². The largest absolute Gasteiger partial charge is 0.544 e. The van der Waals surface area contributed by atoms with Gasteiger partial charge in [0.1, 0.15) is 12.6 Å². The van der Waals surface area contributed by atoms with Crippen molar-refractivity contribution >= 4 is 17.9 Å². The summed E-state index contributed by atoms with van der Waals surface area (Å²) in [5, 5.41) is 11.6. The third-order valence-electron chi connectivity index (χ3n) is 10.4. The normalized spacial score (nSPS) is 13.6. The van der Waals surface area contributed by atoms with Gasteiger partial charge in [-0.2, -0.15) is 0 Å². The Balaban J connectivity index is 4.42. The van der Waals surface area contributed by atoms with Crippen LogP contribution in [0.3, 0.4) is 0 Å². The Labute approximate surface area is 368 Å². The molecule has 344 valence electrons. The lowest BCUT2D eigenvalue weighted by atomic mass is 10.0. The van der Waals surface area contributed by atoms with Gasteiger partial charge in [0.05, 0.1) is 40.3 Å². The second-order valence-corrected chi connectivity index (χ2v) is 17.0.